The van der Waals surface area contributed by atoms with Gasteiger partial charge in [-0.25, -0.2) is 4.98 Å². The van der Waals surface area contributed by atoms with E-state index in [9.17, 15) is 4.79 Å². The Kier molecular flexibility index (Phi) is 4.62. The maximum Gasteiger partial charge on any atom is 0.255 e. The molecule has 2 heterocycles. The van der Waals surface area contributed by atoms with Crippen LogP contribution >= 0.6 is 11.6 Å². The van der Waals surface area contributed by atoms with E-state index >= 15 is 0 Å². The largest absolute Gasteiger partial charge is 0.489 e. The maximum absolute atomic E-state index is 12.3. The number of carbonyl (C=O) groups is 1. The van der Waals surface area contributed by atoms with Gasteiger partial charge in [0.15, 0.2) is 5.75 Å². The molecule has 2 aromatic carbocycles. The van der Waals surface area contributed by atoms with Crippen LogP contribution in [-0.2, 0) is 6.42 Å². The first-order valence-corrected chi connectivity index (χ1v) is 9.11. The van der Waals surface area contributed by atoms with E-state index in [0.717, 1.165) is 27.5 Å². The summed E-state index contributed by atoms with van der Waals surface area (Å²) in [5.74, 6) is 0.930. The number of amides is 1. The van der Waals surface area contributed by atoms with Crippen molar-refractivity contribution >= 4 is 28.3 Å². The van der Waals surface area contributed by atoms with E-state index in [1.807, 2.05) is 31.2 Å². The topological polar surface area (TPSA) is 60.5 Å². The predicted octanol–water partition coefficient (Wildman–Crippen LogP) is 3.92. The number of hydrogen-bond acceptors (Lipinski definition) is 4. The van der Waals surface area contributed by atoms with Crippen molar-refractivity contribution in [2.45, 2.75) is 13.3 Å². The van der Waals surface area contributed by atoms with Gasteiger partial charge in [0.2, 0.25) is 5.88 Å². The number of carbonyl (C=O) groups excluding carboxylic acids is 1. The third-order valence-electron chi connectivity index (χ3n) is 4.83. The lowest BCUT2D eigenvalue weighted by atomic mass is 9.96. The van der Waals surface area contributed by atoms with Crippen molar-refractivity contribution in [1.82, 2.24) is 10.3 Å². The Morgan fingerprint density at radius 2 is 2.15 bits per heavy atom. The highest BCUT2D eigenvalue weighted by atomic mass is 35.5. The summed E-state index contributed by atoms with van der Waals surface area (Å²) in [4.78, 5) is 16.6. The van der Waals surface area contributed by atoms with Gasteiger partial charge >= 0.3 is 0 Å². The van der Waals surface area contributed by atoms with E-state index in [2.05, 4.69) is 16.4 Å². The Hall–Kier alpha value is -2.79. The molecule has 1 aliphatic heterocycles. The molecule has 1 aromatic heterocycles. The van der Waals surface area contributed by atoms with E-state index < -0.39 is 0 Å². The van der Waals surface area contributed by atoms with Crippen molar-refractivity contribution < 1.29 is 14.3 Å². The number of nitrogens with one attached hydrogen (secondary N) is 1. The number of methoxy groups -OCH3 is 1. The molecular weight excluding hydrogens is 364 g/mol. The van der Waals surface area contributed by atoms with Crippen molar-refractivity contribution in [3.63, 3.8) is 0 Å². The summed E-state index contributed by atoms with van der Waals surface area (Å²) in [6.07, 6.45) is 2.39. The molecule has 0 bridgehead atoms. The zero-order valence-corrected chi connectivity index (χ0v) is 15.9. The molecule has 27 heavy (non-hydrogen) atoms. The van der Waals surface area contributed by atoms with Gasteiger partial charge in [-0.3, -0.25) is 4.79 Å². The van der Waals surface area contributed by atoms with Crippen molar-refractivity contribution in [1.29, 1.82) is 0 Å². The Morgan fingerprint density at radius 1 is 1.30 bits per heavy atom. The van der Waals surface area contributed by atoms with Gasteiger partial charge in [-0.05, 0) is 53.6 Å². The number of benzene rings is 2. The number of ether oxygens (including phenoxy) is 2. The molecule has 0 radical (unpaired) electrons. The second-order valence-corrected chi connectivity index (χ2v) is 6.89. The van der Waals surface area contributed by atoms with Crippen LogP contribution in [0.15, 0.2) is 36.5 Å². The lowest BCUT2D eigenvalue weighted by molar-refractivity contribution is 0.0957. The molecule has 138 valence electrons. The van der Waals surface area contributed by atoms with Gasteiger partial charge in [0, 0.05) is 11.6 Å². The second kappa shape index (κ2) is 7.08. The molecule has 6 heteroatoms. The van der Waals surface area contributed by atoms with Gasteiger partial charge in [-0.2, -0.15) is 0 Å². The molecule has 0 fully saturated rings. The molecule has 0 spiro atoms. The molecule has 0 aliphatic carbocycles. The van der Waals surface area contributed by atoms with E-state index in [1.54, 1.807) is 13.3 Å². The van der Waals surface area contributed by atoms with Crippen LogP contribution in [0.4, 0.5) is 0 Å². The molecular formula is C21H19ClN2O3. The van der Waals surface area contributed by atoms with Gasteiger partial charge in [-0.15, -0.1) is 0 Å². The average molecular weight is 383 g/mol. The summed E-state index contributed by atoms with van der Waals surface area (Å²) in [7, 11) is 1.61. The number of hydrogen-bond donors (Lipinski definition) is 1. The standard InChI is InChI=1S/C21H19ClN2O3/c1-12-15(11-17-19(18(12)22)27-8-7-23-20(17)25)10-13-3-4-16-14(9-13)5-6-24-21(16)26-2/h3-6,9,11H,7-8,10H2,1-2H3,(H,23,25). The normalized spacial score (nSPS) is 13.5. The van der Waals surface area contributed by atoms with Crippen LogP contribution < -0.4 is 14.8 Å². The summed E-state index contributed by atoms with van der Waals surface area (Å²) in [5.41, 5.74) is 3.53. The van der Waals surface area contributed by atoms with Crippen molar-refractivity contribution in [2.75, 3.05) is 20.3 Å². The molecule has 0 atom stereocenters. The maximum atomic E-state index is 12.3. The Labute approximate surface area is 162 Å². The average Bonchev–Trinajstić information content (AvgIpc) is 2.87. The van der Waals surface area contributed by atoms with Gasteiger partial charge < -0.3 is 14.8 Å². The van der Waals surface area contributed by atoms with E-state index in [-0.39, 0.29) is 5.91 Å². The van der Waals surface area contributed by atoms with Crippen LogP contribution in [0.2, 0.25) is 5.02 Å². The monoisotopic (exact) mass is 382 g/mol. The molecule has 1 amide bonds. The van der Waals surface area contributed by atoms with Crippen molar-refractivity contribution in [3.8, 4) is 11.6 Å². The van der Waals surface area contributed by atoms with Crippen molar-refractivity contribution in [3.05, 3.63) is 63.8 Å². The first-order chi connectivity index (χ1) is 13.1. The third kappa shape index (κ3) is 3.19. The third-order valence-corrected chi connectivity index (χ3v) is 5.29. The quantitative estimate of drug-likeness (QED) is 0.745. The minimum absolute atomic E-state index is 0.153. The van der Waals surface area contributed by atoms with Crippen LogP contribution in [0.5, 0.6) is 11.6 Å². The number of aromatic nitrogens is 1. The lowest BCUT2D eigenvalue weighted by Crippen LogP contribution is -2.24. The van der Waals surface area contributed by atoms with Crippen molar-refractivity contribution in [2.24, 2.45) is 0 Å². The van der Waals surface area contributed by atoms with E-state index in [1.165, 1.54) is 0 Å². The minimum Gasteiger partial charge on any atom is -0.489 e. The zero-order chi connectivity index (χ0) is 19.0. The molecule has 0 unspecified atom stereocenters. The number of rotatable bonds is 3. The number of halogens is 1. The molecule has 5 nitrogen and oxygen atoms in total. The van der Waals surface area contributed by atoms with Gasteiger partial charge in [0.25, 0.3) is 5.91 Å². The number of nitrogens with zero attached hydrogens (tertiary/aromatic N) is 1. The first kappa shape index (κ1) is 17.6. The van der Waals surface area contributed by atoms with Crippen LogP contribution in [0.25, 0.3) is 10.8 Å². The highest BCUT2D eigenvalue weighted by Crippen LogP contribution is 2.36. The number of fused-ring (bicyclic) bond motifs is 2. The summed E-state index contributed by atoms with van der Waals surface area (Å²) in [6, 6.07) is 10.00. The van der Waals surface area contributed by atoms with Gasteiger partial charge in [-0.1, -0.05) is 23.7 Å². The fraction of sp³-hybridized carbons (Fsp3) is 0.238. The molecule has 0 saturated heterocycles. The smallest absolute Gasteiger partial charge is 0.255 e. The predicted molar refractivity (Wildman–Crippen MR) is 105 cm³/mol. The van der Waals surface area contributed by atoms with E-state index in [0.29, 0.717) is 41.8 Å². The Bertz CT molecular complexity index is 1050. The molecule has 0 saturated carbocycles. The Morgan fingerprint density at radius 3 is 2.96 bits per heavy atom. The molecule has 1 aliphatic rings. The summed E-state index contributed by atoms with van der Waals surface area (Å²) < 4.78 is 11.0. The number of pyridine rings is 1. The van der Waals surface area contributed by atoms with Crippen LogP contribution in [0.3, 0.4) is 0 Å². The minimum atomic E-state index is -0.153. The fourth-order valence-electron chi connectivity index (χ4n) is 3.38. The van der Waals surface area contributed by atoms with Crippen LogP contribution in [-0.4, -0.2) is 31.2 Å². The zero-order valence-electron chi connectivity index (χ0n) is 15.1. The highest BCUT2D eigenvalue weighted by molar-refractivity contribution is 6.33. The SMILES string of the molecule is COc1nccc2cc(Cc3cc4c(c(Cl)c3C)OCCNC4=O)ccc12. The summed E-state index contributed by atoms with van der Waals surface area (Å²) >= 11 is 6.53. The van der Waals surface area contributed by atoms with Gasteiger partial charge in [0.1, 0.15) is 6.61 Å². The Balaban J connectivity index is 1.75. The lowest BCUT2D eigenvalue weighted by Gasteiger charge is -2.15. The molecule has 3 aromatic rings. The summed E-state index contributed by atoms with van der Waals surface area (Å²) in [5, 5.41) is 5.36. The first-order valence-electron chi connectivity index (χ1n) is 8.73. The van der Waals surface area contributed by atoms with Crippen LogP contribution in [0.1, 0.15) is 27.0 Å². The molecule has 1 N–H and O–H groups in total. The second-order valence-electron chi connectivity index (χ2n) is 6.51. The fourth-order valence-corrected chi connectivity index (χ4v) is 3.65. The van der Waals surface area contributed by atoms with Crippen LogP contribution in [0, 0.1) is 6.92 Å². The highest BCUT2D eigenvalue weighted by Gasteiger charge is 2.22. The van der Waals surface area contributed by atoms with Gasteiger partial charge in [0.05, 0.1) is 24.2 Å². The van der Waals surface area contributed by atoms with E-state index in [4.69, 9.17) is 21.1 Å². The summed E-state index contributed by atoms with van der Waals surface area (Å²) in [6.45, 7) is 2.84. The molecule has 4 rings (SSSR count).